The van der Waals surface area contributed by atoms with E-state index in [2.05, 4.69) is 57.0 Å². The average Bonchev–Trinajstić information content (AvgIpc) is 2.89. The summed E-state index contributed by atoms with van der Waals surface area (Å²) in [4.78, 5) is 0.513. The minimum atomic E-state index is 0.513. The van der Waals surface area contributed by atoms with E-state index in [0.29, 0.717) is 4.83 Å². The Bertz CT molecular complexity index is 450. The van der Waals surface area contributed by atoms with Crippen LogP contribution in [-0.2, 0) is 0 Å². The molecule has 104 valence electrons. The lowest BCUT2D eigenvalue weighted by molar-refractivity contribution is 0.315. The smallest absolute Gasteiger partial charge is 0.133 e. The molecule has 3 atom stereocenters. The molecular weight excluding hydrogens is 368 g/mol. The van der Waals surface area contributed by atoms with Gasteiger partial charge in [0.15, 0.2) is 0 Å². The second-order valence-electron chi connectivity index (χ2n) is 5.78. The summed E-state index contributed by atoms with van der Waals surface area (Å²) in [5.74, 6) is 3.79. The van der Waals surface area contributed by atoms with Gasteiger partial charge in [-0.3, -0.25) is 0 Å². The van der Waals surface area contributed by atoms with Gasteiger partial charge >= 0.3 is 0 Å². The molecule has 0 aliphatic heterocycles. The van der Waals surface area contributed by atoms with Gasteiger partial charge in [-0.25, -0.2) is 0 Å². The first kappa shape index (κ1) is 13.9. The number of alkyl halides is 1. The largest absolute Gasteiger partial charge is 0.492 e. The Kier molecular flexibility index (Phi) is 4.23. The predicted molar refractivity (Wildman–Crippen MR) is 85.9 cm³/mol. The average molecular weight is 388 g/mol. The number of hydrogen-bond acceptors (Lipinski definition) is 1. The van der Waals surface area contributed by atoms with Crippen LogP contribution in [0.3, 0.4) is 0 Å². The van der Waals surface area contributed by atoms with Crippen molar-refractivity contribution in [2.75, 3.05) is 6.61 Å². The minimum Gasteiger partial charge on any atom is -0.492 e. The highest BCUT2D eigenvalue weighted by Crippen LogP contribution is 2.64. The van der Waals surface area contributed by atoms with Crippen LogP contribution in [0.25, 0.3) is 0 Å². The Labute approximate surface area is 132 Å². The number of hydrogen-bond donors (Lipinski definition) is 0. The molecule has 0 bridgehead atoms. The minimum absolute atomic E-state index is 0.513. The lowest BCUT2D eigenvalue weighted by Crippen LogP contribution is -2.00. The highest BCUT2D eigenvalue weighted by Gasteiger charge is 2.55. The number of halogens is 2. The van der Waals surface area contributed by atoms with E-state index in [1.54, 1.807) is 0 Å². The van der Waals surface area contributed by atoms with Crippen LogP contribution in [0.2, 0.25) is 0 Å². The molecule has 0 saturated heterocycles. The number of benzene rings is 1. The number of rotatable bonds is 5. The van der Waals surface area contributed by atoms with Crippen molar-refractivity contribution in [2.45, 2.75) is 37.4 Å². The quantitative estimate of drug-likeness (QED) is 0.587. The lowest BCUT2D eigenvalue weighted by atomic mass is 10.0. The van der Waals surface area contributed by atoms with Gasteiger partial charge in [0, 0.05) is 4.83 Å². The lowest BCUT2D eigenvalue weighted by Gasteiger charge is -2.14. The summed E-state index contributed by atoms with van der Waals surface area (Å²) < 4.78 is 6.79. The molecule has 0 radical (unpaired) electrons. The van der Waals surface area contributed by atoms with Crippen LogP contribution in [0.5, 0.6) is 5.75 Å². The molecule has 2 fully saturated rings. The van der Waals surface area contributed by atoms with E-state index in [0.717, 1.165) is 41.0 Å². The third-order valence-corrected chi connectivity index (χ3v) is 6.31. The molecule has 0 heterocycles. The summed E-state index contributed by atoms with van der Waals surface area (Å²) in [6.45, 7) is 2.91. The van der Waals surface area contributed by atoms with Crippen LogP contribution < -0.4 is 4.74 Å². The molecule has 3 unspecified atom stereocenters. The zero-order chi connectivity index (χ0) is 13.4. The second-order valence-corrected chi connectivity index (χ2v) is 7.62. The van der Waals surface area contributed by atoms with Crippen LogP contribution in [0, 0.1) is 17.8 Å². The maximum Gasteiger partial charge on any atom is 0.133 e. The Hall–Kier alpha value is -0.0200. The van der Waals surface area contributed by atoms with Gasteiger partial charge in [-0.15, -0.1) is 0 Å². The van der Waals surface area contributed by atoms with Crippen molar-refractivity contribution >= 4 is 31.9 Å². The Balaban J connectivity index is 1.69. The standard InChI is InChI=1S/C16H20Br2O/c1-2-8-19-14-7-6-10(9-13(14)17)16(18)15-11-4-3-5-12(11)15/h6-7,9,11-12,15-16H,2-5,8H2,1H3. The monoisotopic (exact) mass is 386 g/mol. The van der Waals surface area contributed by atoms with Gasteiger partial charge in [-0.1, -0.05) is 35.3 Å². The van der Waals surface area contributed by atoms with Crippen LogP contribution in [0.4, 0.5) is 0 Å². The Morgan fingerprint density at radius 2 is 2.05 bits per heavy atom. The number of fused-ring (bicyclic) bond motifs is 1. The summed E-state index contributed by atoms with van der Waals surface area (Å²) in [6, 6.07) is 6.53. The molecule has 2 aliphatic carbocycles. The fourth-order valence-electron chi connectivity index (χ4n) is 3.55. The van der Waals surface area contributed by atoms with E-state index in [-0.39, 0.29) is 0 Å². The molecule has 1 aromatic rings. The van der Waals surface area contributed by atoms with Gasteiger partial charge in [-0.05, 0) is 70.6 Å². The van der Waals surface area contributed by atoms with E-state index < -0.39 is 0 Å². The summed E-state index contributed by atoms with van der Waals surface area (Å²) in [5, 5.41) is 0. The van der Waals surface area contributed by atoms with Gasteiger partial charge in [-0.2, -0.15) is 0 Å². The molecule has 0 N–H and O–H groups in total. The summed E-state index contributed by atoms with van der Waals surface area (Å²) in [5.41, 5.74) is 1.38. The van der Waals surface area contributed by atoms with Crippen molar-refractivity contribution < 1.29 is 4.74 Å². The first-order valence-electron chi connectivity index (χ1n) is 7.28. The summed E-state index contributed by atoms with van der Waals surface area (Å²) in [6.07, 6.45) is 5.37. The van der Waals surface area contributed by atoms with Gasteiger partial charge in [0.25, 0.3) is 0 Å². The van der Waals surface area contributed by atoms with Crippen molar-refractivity contribution in [3.05, 3.63) is 28.2 Å². The number of ether oxygens (including phenoxy) is 1. The van der Waals surface area contributed by atoms with Crippen molar-refractivity contribution in [3.8, 4) is 5.75 Å². The van der Waals surface area contributed by atoms with E-state index in [1.807, 2.05) is 0 Å². The maximum atomic E-state index is 5.71. The van der Waals surface area contributed by atoms with Crippen molar-refractivity contribution in [1.29, 1.82) is 0 Å². The van der Waals surface area contributed by atoms with Gasteiger partial charge in [0.2, 0.25) is 0 Å². The molecule has 0 amide bonds. The molecule has 0 aromatic heterocycles. The van der Waals surface area contributed by atoms with Gasteiger partial charge in [0.1, 0.15) is 5.75 Å². The summed E-state index contributed by atoms with van der Waals surface area (Å²) >= 11 is 7.55. The van der Waals surface area contributed by atoms with Crippen LogP contribution in [0.15, 0.2) is 22.7 Å². The SMILES string of the molecule is CCCOc1ccc(C(Br)C2C3CCCC32)cc1Br. The van der Waals surface area contributed by atoms with Crippen LogP contribution >= 0.6 is 31.9 Å². The van der Waals surface area contributed by atoms with E-state index in [9.17, 15) is 0 Å². The van der Waals surface area contributed by atoms with Crippen LogP contribution in [-0.4, -0.2) is 6.61 Å². The van der Waals surface area contributed by atoms with Gasteiger partial charge < -0.3 is 4.74 Å². The molecule has 2 saturated carbocycles. The van der Waals surface area contributed by atoms with Gasteiger partial charge in [0.05, 0.1) is 11.1 Å². The molecule has 3 rings (SSSR count). The first-order chi connectivity index (χ1) is 9.22. The molecule has 1 nitrogen and oxygen atoms in total. The fraction of sp³-hybridized carbons (Fsp3) is 0.625. The highest BCUT2D eigenvalue weighted by molar-refractivity contribution is 9.10. The maximum absolute atomic E-state index is 5.71. The van der Waals surface area contributed by atoms with E-state index in [4.69, 9.17) is 4.74 Å². The summed E-state index contributed by atoms with van der Waals surface area (Å²) in [7, 11) is 0. The Morgan fingerprint density at radius 3 is 2.68 bits per heavy atom. The third-order valence-electron chi connectivity index (χ3n) is 4.55. The van der Waals surface area contributed by atoms with Crippen molar-refractivity contribution in [1.82, 2.24) is 0 Å². The zero-order valence-corrected chi connectivity index (χ0v) is 14.4. The van der Waals surface area contributed by atoms with Crippen molar-refractivity contribution in [3.63, 3.8) is 0 Å². The topological polar surface area (TPSA) is 9.23 Å². The molecule has 2 aliphatic rings. The zero-order valence-electron chi connectivity index (χ0n) is 11.2. The normalized spacial score (nSPS) is 29.9. The molecule has 1 aromatic carbocycles. The second kappa shape index (κ2) is 5.77. The molecular formula is C16H20Br2O. The van der Waals surface area contributed by atoms with Crippen molar-refractivity contribution in [2.24, 2.45) is 17.8 Å². The highest BCUT2D eigenvalue weighted by atomic mass is 79.9. The third kappa shape index (κ3) is 2.73. The molecule has 19 heavy (non-hydrogen) atoms. The van der Waals surface area contributed by atoms with E-state index in [1.165, 1.54) is 24.8 Å². The molecule has 0 spiro atoms. The van der Waals surface area contributed by atoms with E-state index >= 15 is 0 Å². The Morgan fingerprint density at radius 1 is 1.32 bits per heavy atom. The first-order valence-corrected chi connectivity index (χ1v) is 8.99. The predicted octanol–water partition coefficient (Wildman–Crippen LogP) is 5.72. The molecule has 3 heteroatoms. The van der Waals surface area contributed by atoms with Crippen LogP contribution in [0.1, 0.15) is 43.0 Å². The fourth-order valence-corrected chi connectivity index (χ4v) is 5.13.